The van der Waals surface area contributed by atoms with Gasteiger partial charge >= 0.3 is 0 Å². The zero-order valence-electron chi connectivity index (χ0n) is 19.0. The molecule has 1 fully saturated rings. The molecule has 8 nitrogen and oxygen atoms in total. The summed E-state index contributed by atoms with van der Waals surface area (Å²) in [5, 5.41) is 3.19. The first kappa shape index (κ1) is 23.5. The minimum atomic E-state index is -3.60. The highest BCUT2D eigenvalue weighted by atomic mass is 32.2. The van der Waals surface area contributed by atoms with Crippen molar-refractivity contribution >= 4 is 42.6 Å². The number of thiazole rings is 1. The first-order valence-electron chi connectivity index (χ1n) is 10.7. The van der Waals surface area contributed by atoms with Crippen LogP contribution in [0.2, 0.25) is 0 Å². The number of nitrogens with zero attached hydrogens (tertiary/aromatic N) is 2. The molecule has 0 aliphatic carbocycles. The van der Waals surface area contributed by atoms with Crippen LogP contribution in [-0.2, 0) is 10.0 Å². The zero-order valence-corrected chi connectivity index (χ0v) is 20.6. The number of piperidine rings is 1. The van der Waals surface area contributed by atoms with Gasteiger partial charge in [0.2, 0.25) is 10.0 Å². The van der Waals surface area contributed by atoms with E-state index in [9.17, 15) is 13.2 Å². The molecule has 0 bridgehead atoms. The monoisotopic (exact) mass is 489 g/mol. The highest BCUT2D eigenvalue weighted by molar-refractivity contribution is 7.89. The molecule has 1 aliphatic heterocycles. The second kappa shape index (κ2) is 9.28. The number of fused-ring (bicyclic) bond motifs is 1. The third kappa shape index (κ3) is 4.83. The molecule has 1 N–H and O–H groups in total. The fourth-order valence-electron chi connectivity index (χ4n) is 4.20. The summed E-state index contributed by atoms with van der Waals surface area (Å²) in [4.78, 5) is 17.4. The predicted molar refractivity (Wildman–Crippen MR) is 129 cm³/mol. The number of amides is 1. The van der Waals surface area contributed by atoms with E-state index >= 15 is 0 Å². The molecular formula is C23H27N3O5S2. The smallest absolute Gasteiger partial charge is 0.257 e. The Morgan fingerprint density at radius 3 is 2.36 bits per heavy atom. The van der Waals surface area contributed by atoms with Crippen LogP contribution in [0.15, 0.2) is 41.3 Å². The first-order chi connectivity index (χ1) is 15.7. The van der Waals surface area contributed by atoms with Gasteiger partial charge in [-0.2, -0.15) is 4.31 Å². The van der Waals surface area contributed by atoms with Gasteiger partial charge in [0.1, 0.15) is 17.0 Å². The van der Waals surface area contributed by atoms with E-state index in [1.807, 2.05) is 6.07 Å². The van der Waals surface area contributed by atoms with Crippen LogP contribution in [0.25, 0.3) is 10.2 Å². The van der Waals surface area contributed by atoms with E-state index < -0.39 is 10.0 Å². The zero-order chi connectivity index (χ0) is 23.8. The minimum Gasteiger partial charge on any atom is -0.497 e. The average molecular weight is 490 g/mol. The molecule has 3 aromatic rings. The first-order valence-corrected chi connectivity index (χ1v) is 12.9. The number of hydrogen-bond donors (Lipinski definition) is 1. The van der Waals surface area contributed by atoms with E-state index in [0.717, 1.165) is 11.1 Å². The fraction of sp³-hybridized carbons (Fsp3) is 0.391. The molecule has 0 spiro atoms. The third-order valence-corrected chi connectivity index (χ3v) is 8.46. The highest BCUT2D eigenvalue weighted by Crippen LogP contribution is 2.36. The van der Waals surface area contributed by atoms with Gasteiger partial charge in [0.05, 0.1) is 23.8 Å². The molecule has 1 amide bonds. The number of aromatic nitrogens is 1. The molecule has 0 radical (unpaired) electrons. The van der Waals surface area contributed by atoms with Crippen molar-refractivity contribution in [2.75, 3.05) is 32.6 Å². The number of carbonyl (C=O) groups excluding carboxylic acids is 1. The number of benzene rings is 2. The standard InChI is InChI=1S/C23H27N3O5S2/c1-14-9-15(2)13-26(12-14)33(28,29)18-7-5-16(6-8-18)22(27)25-23-24-21-19(31-4)10-17(30-3)11-20(21)32-23/h5-8,10-11,14-15H,9,12-13H2,1-4H3,(H,24,25,27). The number of sulfonamides is 1. The number of ether oxygens (including phenoxy) is 2. The Balaban J connectivity index is 1.52. The molecule has 176 valence electrons. The summed E-state index contributed by atoms with van der Waals surface area (Å²) >= 11 is 1.30. The Morgan fingerprint density at radius 2 is 1.76 bits per heavy atom. The van der Waals surface area contributed by atoms with Crippen LogP contribution >= 0.6 is 11.3 Å². The molecular weight excluding hydrogens is 462 g/mol. The topological polar surface area (TPSA) is 97.8 Å². The lowest BCUT2D eigenvalue weighted by molar-refractivity contribution is 0.102. The van der Waals surface area contributed by atoms with Gasteiger partial charge in [0.25, 0.3) is 5.91 Å². The average Bonchev–Trinajstić information content (AvgIpc) is 3.20. The molecule has 2 heterocycles. The lowest BCUT2D eigenvalue weighted by Crippen LogP contribution is -2.42. The van der Waals surface area contributed by atoms with Gasteiger partial charge < -0.3 is 9.47 Å². The normalized spacial score (nSPS) is 19.4. The van der Waals surface area contributed by atoms with Crippen molar-refractivity contribution in [2.45, 2.75) is 25.2 Å². The van der Waals surface area contributed by atoms with Crippen molar-refractivity contribution in [3.63, 3.8) is 0 Å². The SMILES string of the molecule is COc1cc(OC)c2nc(NC(=O)c3ccc(S(=O)(=O)N4CC(C)CC(C)C4)cc3)sc2c1. The summed E-state index contributed by atoms with van der Waals surface area (Å²) in [6.07, 6.45) is 1.02. The van der Waals surface area contributed by atoms with Crippen molar-refractivity contribution in [3.05, 3.63) is 42.0 Å². The number of rotatable bonds is 6. The van der Waals surface area contributed by atoms with Crippen molar-refractivity contribution in [1.29, 1.82) is 0 Å². The Morgan fingerprint density at radius 1 is 1.09 bits per heavy atom. The molecule has 10 heteroatoms. The molecule has 2 unspecified atom stereocenters. The molecule has 2 aromatic carbocycles. The van der Waals surface area contributed by atoms with Gasteiger partial charge in [0.15, 0.2) is 5.13 Å². The number of hydrogen-bond acceptors (Lipinski definition) is 7. The fourth-order valence-corrected chi connectivity index (χ4v) is 6.79. The second-order valence-electron chi connectivity index (χ2n) is 8.44. The number of methoxy groups -OCH3 is 2. The van der Waals surface area contributed by atoms with Crippen molar-refractivity contribution in [1.82, 2.24) is 9.29 Å². The van der Waals surface area contributed by atoms with Crippen LogP contribution < -0.4 is 14.8 Å². The van der Waals surface area contributed by atoms with Crippen molar-refractivity contribution in [2.24, 2.45) is 11.8 Å². The number of anilines is 1. The van der Waals surface area contributed by atoms with Gasteiger partial charge in [-0.3, -0.25) is 10.1 Å². The second-order valence-corrected chi connectivity index (χ2v) is 11.4. The number of carbonyl (C=O) groups is 1. The van der Waals surface area contributed by atoms with Crippen LogP contribution in [0.1, 0.15) is 30.6 Å². The molecule has 1 aromatic heterocycles. The molecule has 0 saturated carbocycles. The third-order valence-electron chi connectivity index (χ3n) is 5.70. The molecule has 1 aliphatic rings. The summed E-state index contributed by atoms with van der Waals surface area (Å²) in [6, 6.07) is 9.58. The Hall–Kier alpha value is -2.69. The summed E-state index contributed by atoms with van der Waals surface area (Å²) in [5.41, 5.74) is 0.975. The Kier molecular flexibility index (Phi) is 6.60. The largest absolute Gasteiger partial charge is 0.497 e. The van der Waals surface area contributed by atoms with E-state index in [1.165, 1.54) is 35.6 Å². The van der Waals surface area contributed by atoms with Gasteiger partial charge in [-0.25, -0.2) is 13.4 Å². The van der Waals surface area contributed by atoms with Gasteiger partial charge in [-0.05, 0) is 48.6 Å². The van der Waals surface area contributed by atoms with E-state index in [2.05, 4.69) is 24.1 Å². The van der Waals surface area contributed by atoms with Crippen LogP contribution in [-0.4, -0.2) is 50.9 Å². The van der Waals surface area contributed by atoms with E-state index in [4.69, 9.17) is 9.47 Å². The lowest BCUT2D eigenvalue weighted by atomic mass is 9.94. The predicted octanol–water partition coefficient (Wildman–Crippen LogP) is 4.23. The molecule has 33 heavy (non-hydrogen) atoms. The maximum Gasteiger partial charge on any atom is 0.257 e. The summed E-state index contributed by atoms with van der Waals surface area (Å²) < 4.78 is 39.1. The highest BCUT2D eigenvalue weighted by Gasteiger charge is 2.31. The van der Waals surface area contributed by atoms with Crippen LogP contribution in [0.3, 0.4) is 0 Å². The Labute approximate surface area is 197 Å². The minimum absolute atomic E-state index is 0.192. The van der Waals surface area contributed by atoms with Gasteiger partial charge in [-0.15, -0.1) is 0 Å². The molecule has 2 atom stereocenters. The summed E-state index contributed by atoms with van der Waals surface area (Å²) in [7, 11) is -0.477. The van der Waals surface area contributed by atoms with E-state index in [1.54, 1.807) is 24.6 Å². The van der Waals surface area contributed by atoms with Crippen LogP contribution in [0.5, 0.6) is 11.5 Å². The maximum absolute atomic E-state index is 13.1. The van der Waals surface area contributed by atoms with Crippen molar-refractivity contribution in [3.8, 4) is 11.5 Å². The van der Waals surface area contributed by atoms with Gasteiger partial charge in [-0.1, -0.05) is 25.2 Å². The van der Waals surface area contributed by atoms with E-state index in [0.29, 0.717) is 52.6 Å². The molecule has 1 saturated heterocycles. The van der Waals surface area contributed by atoms with Crippen LogP contribution in [0.4, 0.5) is 5.13 Å². The number of nitrogens with one attached hydrogen (secondary N) is 1. The summed E-state index contributed by atoms with van der Waals surface area (Å²) in [6.45, 7) is 5.17. The van der Waals surface area contributed by atoms with Crippen LogP contribution in [0, 0.1) is 11.8 Å². The molecule has 4 rings (SSSR count). The Bertz CT molecular complexity index is 1260. The quantitative estimate of drug-likeness (QED) is 0.556. The maximum atomic E-state index is 13.1. The van der Waals surface area contributed by atoms with E-state index in [-0.39, 0.29) is 10.8 Å². The summed E-state index contributed by atoms with van der Waals surface area (Å²) in [5.74, 6) is 1.46. The van der Waals surface area contributed by atoms with Gasteiger partial charge in [0, 0.05) is 24.7 Å². The van der Waals surface area contributed by atoms with Crippen molar-refractivity contribution < 1.29 is 22.7 Å². The lowest BCUT2D eigenvalue weighted by Gasteiger charge is -2.34.